The van der Waals surface area contributed by atoms with Crippen molar-refractivity contribution < 1.29 is 4.39 Å². The van der Waals surface area contributed by atoms with Crippen molar-refractivity contribution in [2.75, 3.05) is 0 Å². The highest BCUT2D eigenvalue weighted by Crippen LogP contribution is 2.26. The zero-order valence-corrected chi connectivity index (χ0v) is 10.6. The molecule has 17 heavy (non-hydrogen) atoms. The molecule has 0 unspecified atom stereocenters. The van der Waals surface area contributed by atoms with Crippen molar-refractivity contribution in [3.8, 4) is 11.3 Å². The molecule has 0 aliphatic heterocycles. The summed E-state index contributed by atoms with van der Waals surface area (Å²) in [5.41, 5.74) is 3.03. The van der Waals surface area contributed by atoms with Gasteiger partial charge in [-0.25, -0.2) is 14.4 Å². The number of hydrogen-bond donors (Lipinski definition) is 0. The van der Waals surface area contributed by atoms with Crippen LogP contribution in [0.4, 0.5) is 4.39 Å². The third-order valence-electron chi connectivity index (χ3n) is 2.51. The Morgan fingerprint density at radius 3 is 2.41 bits per heavy atom. The fourth-order valence-corrected chi connectivity index (χ4v) is 1.96. The fourth-order valence-electron chi connectivity index (χ4n) is 1.75. The van der Waals surface area contributed by atoms with Crippen LogP contribution < -0.4 is 0 Å². The standard InChI is InChI=1S/C13H12ClFN2/c1-7-4-10(6-11(15)5-7)12-8(2)13(14)17-9(3)16-12/h4-6H,1-3H3. The van der Waals surface area contributed by atoms with E-state index in [1.165, 1.54) is 12.1 Å². The number of benzene rings is 1. The van der Waals surface area contributed by atoms with E-state index >= 15 is 0 Å². The largest absolute Gasteiger partial charge is 0.233 e. The first-order valence-corrected chi connectivity index (χ1v) is 5.63. The van der Waals surface area contributed by atoms with Crippen molar-refractivity contribution in [2.45, 2.75) is 20.8 Å². The van der Waals surface area contributed by atoms with Crippen molar-refractivity contribution in [3.05, 3.63) is 46.1 Å². The predicted octanol–water partition coefficient (Wildman–Crippen LogP) is 3.86. The van der Waals surface area contributed by atoms with Gasteiger partial charge in [0.2, 0.25) is 0 Å². The van der Waals surface area contributed by atoms with E-state index in [0.717, 1.165) is 16.7 Å². The molecule has 0 aliphatic carbocycles. The van der Waals surface area contributed by atoms with Crippen LogP contribution in [0.2, 0.25) is 5.15 Å². The van der Waals surface area contributed by atoms with Crippen LogP contribution in [-0.4, -0.2) is 9.97 Å². The quantitative estimate of drug-likeness (QED) is 0.718. The second kappa shape index (κ2) is 4.41. The van der Waals surface area contributed by atoms with Gasteiger partial charge >= 0.3 is 0 Å². The third-order valence-corrected chi connectivity index (χ3v) is 2.88. The van der Waals surface area contributed by atoms with Crippen molar-refractivity contribution in [1.29, 1.82) is 0 Å². The van der Waals surface area contributed by atoms with Crippen molar-refractivity contribution in [2.24, 2.45) is 0 Å². The SMILES string of the molecule is Cc1cc(F)cc(-c2nc(C)nc(Cl)c2C)c1. The molecule has 1 aromatic carbocycles. The molecule has 4 heteroatoms. The van der Waals surface area contributed by atoms with Crippen molar-refractivity contribution in [3.63, 3.8) is 0 Å². The number of hydrogen-bond acceptors (Lipinski definition) is 2. The highest BCUT2D eigenvalue weighted by atomic mass is 35.5. The summed E-state index contributed by atoms with van der Waals surface area (Å²) in [6, 6.07) is 4.82. The zero-order valence-electron chi connectivity index (χ0n) is 9.88. The molecule has 0 spiro atoms. The Kier molecular flexibility index (Phi) is 3.11. The minimum atomic E-state index is -0.271. The molecule has 0 saturated heterocycles. The molecule has 0 N–H and O–H groups in total. The Balaban J connectivity index is 2.67. The lowest BCUT2D eigenvalue weighted by atomic mass is 10.1. The van der Waals surface area contributed by atoms with Gasteiger partial charge in [-0.1, -0.05) is 11.6 Å². The van der Waals surface area contributed by atoms with E-state index < -0.39 is 0 Å². The molecule has 0 aliphatic rings. The Bertz CT molecular complexity index is 562. The summed E-state index contributed by atoms with van der Waals surface area (Å²) in [5, 5.41) is 0.411. The van der Waals surface area contributed by atoms with E-state index in [9.17, 15) is 4.39 Å². The minimum absolute atomic E-state index is 0.271. The zero-order chi connectivity index (χ0) is 12.6. The van der Waals surface area contributed by atoms with E-state index in [1.807, 2.05) is 19.9 Å². The lowest BCUT2D eigenvalue weighted by Gasteiger charge is -2.08. The van der Waals surface area contributed by atoms with E-state index in [2.05, 4.69) is 9.97 Å². The molecule has 2 aromatic rings. The van der Waals surface area contributed by atoms with Crippen LogP contribution in [0, 0.1) is 26.6 Å². The molecule has 0 amide bonds. The summed E-state index contributed by atoms with van der Waals surface area (Å²) in [4.78, 5) is 8.39. The first kappa shape index (κ1) is 12.0. The summed E-state index contributed by atoms with van der Waals surface area (Å²) in [6.07, 6.45) is 0. The van der Waals surface area contributed by atoms with Crippen LogP contribution in [0.15, 0.2) is 18.2 Å². The van der Waals surface area contributed by atoms with Gasteiger partial charge < -0.3 is 0 Å². The Hall–Kier alpha value is -1.48. The Labute approximate surface area is 104 Å². The summed E-state index contributed by atoms with van der Waals surface area (Å²) in [7, 11) is 0. The average Bonchev–Trinajstić information content (AvgIpc) is 2.22. The fraction of sp³-hybridized carbons (Fsp3) is 0.231. The maximum absolute atomic E-state index is 13.4. The van der Waals surface area contributed by atoms with E-state index in [4.69, 9.17) is 11.6 Å². The Morgan fingerprint density at radius 1 is 1.06 bits per heavy atom. The van der Waals surface area contributed by atoms with Gasteiger partial charge in [0, 0.05) is 11.1 Å². The minimum Gasteiger partial charge on any atom is -0.233 e. The molecular weight excluding hydrogens is 239 g/mol. The number of nitrogens with zero attached hydrogens (tertiary/aromatic N) is 2. The van der Waals surface area contributed by atoms with Gasteiger partial charge in [0.25, 0.3) is 0 Å². The molecular formula is C13H12ClFN2. The highest BCUT2D eigenvalue weighted by Gasteiger charge is 2.10. The summed E-state index contributed by atoms with van der Waals surface area (Å²) >= 11 is 6.00. The van der Waals surface area contributed by atoms with Gasteiger partial charge in [-0.05, 0) is 44.5 Å². The first-order valence-electron chi connectivity index (χ1n) is 5.25. The van der Waals surface area contributed by atoms with Crippen LogP contribution in [0.3, 0.4) is 0 Å². The molecule has 1 heterocycles. The topological polar surface area (TPSA) is 25.8 Å². The van der Waals surface area contributed by atoms with E-state index in [1.54, 1.807) is 6.92 Å². The van der Waals surface area contributed by atoms with Crippen LogP contribution in [0.25, 0.3) is 11.3 Å². The summed E-state index contributed by atoms with van der Waals surface area (Å²) in [6.45, 7) is 5.44. The number of aryl methyl sites for hydroxylation is 2. The monoisotopic (exact) mass is 250 g/mol. The smallest absolute Gasteiger partial charge is 0.136 e. The second-order valence-electron chi connectivity index (χ2n) is 4.05. The van der Waals surface area contributed by atoms with Gasteiger partial charge in [0.1, 0.15) is 16.8 Å². The average molecular weight is 251 g/mol. The summed E-state index contributed by atoms with van der Waals surface area (Å²) < 4.78 is 13.4. The Morgan fingerprint density at radius 2 is 1.76 bits per heavy atom. The van der Waals surface area contributed by atoms with Gasteiger partial charge in [-0.3, -0.25) is 0 Å². The molecule has 88 valence electrons. The van der Waals surface area contributed by atoms with Gasteiger partial charge in [0.05, 0.1) is 5.69 Å². The lowest BCUT2D eigenvalue weighted by molar-refractivity contribution is 0.627. The second-order valence-corrected chi connectivity index (χ2v) is 4.41. The van der Waals surface area contributed by atoms with E-state index in [0.29, 0.717) is 16.7 Å². The predicted molar refractivity (Wildman–Crippen MR) is 66.6 cm³/mol. The van der Waals surface area contributed by atoms with E-state index in [-0.39, 0.29) is 5.82 Å². The first-order chi connectivity index (χ1) is 7.97. The maximum Gasteiger partial charge on any atom is 0.136 e. The number of halogens is 2. The van der Waals surface area contributed by atoms with Crippen molar-refractivity contribution >= 4 is 11.6 Å². The van der Waals surface area contributed by atoms with Gasteiger partial charge in [-0.2, -0.15) is 0 Å². The lowest BCUT2D eigenvalue weighted by Crippen LogP contribution is -1.97. The summed E-state index contributed by atoms with van der Waals surface area (Å²) in [5.74, 6) is 0.310. The van der Waals surface area contributed by atoms with Crippen molar-refractivity contribution in [1.82, 2.24) is 9.97 Å². The highest BCUT2D eigenvalue weighted by molar-refractivity contribution is 6.30. The molecule has 0 atom stereocenters. The number of aromatic nitrogens is 2. The molecule has 2 rings (SSSR count). The normalized spacial score (nSPS) is 10.6. The molecule has 1 aromatic heterocycles. The number of rotatable bonds is 1. The van der Waals surface area contributed by atoms with Gasteiger partial charge in [-0.15, -0.1) is 0 Å². The molecule has 0 fully saturated rings. The van der Waals surface area contributed by atoms with Crippen LogP contribution in [0.1, 0.15) is 17.0 Å². The molecule has 0 bridgehead atoms. The van der Waals surface area contributed by atoms with Crippen LogP contribution in [0.5, 0.6) is 0 Å². The molecule has 2 nitrogen and oxygen atoms in total. The van der Waals surface area contributed by atoms with Crippen LogP contribution >= 0.6 is 11.6 Å². The van der Waals surface area contributed by atoms with Crippen LogP contribution in [-0.2, 0) is 0 Å². The maximum atomic E-state index is 13.4. The van der Waals surface area contributed by atoms with Gasteiger partial charge in [0.15, 0.2) is 0 Å². The third kappa shape index (κ3) is 2.44. The molecule has 0 radical (unpaired) electrons. The molecule has 0 saturated carbocycles.